The molecule has 1 unspecified atom stereocenters. The molecule has 1 saturated carbocycles. The third-order valence-electron chi connectivity index (χ3n) is 5.25. The molecule has 0 aliphatic heterocycles. The normalized spacial score (nSPS) is 19.6. The van der Waals surface area contributed by atoms with Crippen LogP contribution in [0.3, 0.4) is 0 Å². The second kappa shape index (κ2) is 5.25. The van der Waals surface area contributed by atoms with E-state index < -0.39 is 0 Å². The summed E-state index contributed by atoms with van der Waals surface area (Å²) in [5.41, 5.74) is 2.64. The Morgan fingerprint density at radius 2 is 2.05 bits per heavy atom. The molecule has 1 N–H and O–H groups in total. The number of aryl methyl sites for hydroxylation is 1. The SMILES string of the molecule is CCC1(C(NC)c2cc3cccc(C)c3o2)CCCC1. The predicted molar refractivity (Wildman–Crippen MR) is 83.9 cm³/mol. The van der Waals surface area contributed by atoms with Gasteiger partial charge in [-0.3, -0.25) is 0 Å². The summed E-state index contributed by atoms with van der Waals surface area (Å²) in [6, 6.07) is 8.95. The Kier molecular flexibility index (Phi) is 3.59. The summed E-state index contributed by atoms with van der Waals surface area (Å²) in [6.07, 6.45) is 6.54. The van der Waals surface area contributed by atoms with Crippen LogP contribution in [0.15, 0.2) is 28.7 Å². The van der Waals surface area contributed by atoms with Crippen molar-refractivity contribution in [1.29, 1.82) is 0 Å². The summed E-state index contributed by atoms with van der Waals surface area (Å²) in [6.45, 7) is 4.44. The lowest BCUT2D eigenvalue weighted by atomic mass is 9.75. The van der Waals surface area contributed by atoms with Crippen LogP contribution in [-0.4, -0.2) is 7.05 Å². The second-order valence-corrected chi connectivity index (χ2v) is 6.29. The van der Waals surface area contributed by atoms with Gasteiger partial charge < -0.3 is 9.73 Å². The largest absolute Gasteiger partial charge is 0.459 e. The third-order valence-corrected chi connectivity index (χ3v) is 5.25. The van der Waals surface area contributed by atoms with Crippen molar-refractivity contribution in [2.24, 2.45) is 5.41 Å². The molecule has 108 valence electrons. The summed E-state index contributed by atoms with van der Waals surface area (Å²) in [7, 11) is 2.07. The van der Waals surface area contributed by atoms with Gasteiger partial charge in [-0.15, -0.1) is 0 Å². The maximum atomic E-state index is 6.23. The molecule has 0 amide bonds. The molecule has 1 atom stereocenters. The highest BCUT2D eigenvalue weighted by atomic mass is 16.3. The molecular formula is C18H25NO. The molecule has 2 nitrogen and oxygen atoms in total. The average molecular weight is 271 g/mol. The smallest absolute Gasteiger partial charge is 0.137 e. The maximum Gasteiger partial charge on any atom is 0.137 e. The van der Waals surface area contributed by atoms with Crippen LogP contribution in [0.4, 0.5) is 0 Å². The van der Waals surface area contributed by atoms with Gasteiger partial charge in [0.1, 0.15) is 11.3 Å². The van der Waals surface area contributed by atoms with Crippen LogP contribution in [0.25, 0.3) is 11.0 Å². The lowest BCUT2D eigenvalue weighted by Gasteiger charge is -2.35. The molecule has 0 bridgehead atoms. The minimum absolute atomic E-state index is 0.335. The van der Waals surface area contributed by atoms with Gasteiger partial charge in [0.25, 0.3) is 0 Å². The van der Waals surface area contributed by atoms with E-state index in [2.05, 4.69) is 50.5 Å². The topological polar surface area (TPSA) is 25.2 Å². The van der Waals surface area contributed by atoms with E-state index in [1.807, 2.05) is 0 Å². The number of furan rings is 1. The van der Waals surface area contributed by atoms with Gasteiger partial charge in [-0.1, -0.05) is 38.0 Å². The molecule has 20 heavy (non-hydrogen) atoms. The zero-order valence-electron chi connectivity index (χ0n) is 12.8. The number of hydrogen-bond acceptors (Lipinski definition) is 2. The molecule has 2 aromatic rings. The van der Waals surface area contributed by atoms with Crippen LogP contribution in [0.5, 0.6) is 0 Å². The van der Waals surface area contributed by atoms with E-state index in [-0.39, 0.29) is 0 Å². The van der Waals surface area contributed by atoms with Gasteiger partial charge in [0.15, 0.2) is 0 Å². The Morgan fingerprint density at radius 3 is 2.65 bits per heavy atom. The number of para-hydroxylation sites is 1. The molecule has 0 saturated heterocycles. The highest BCUT2D eigenvalue weighted by Crippen LogP contribution is 2.50. The minimum atomic E-state index is 0.335. The van der Waals surface area contributed by atoms with Crippen LogP contribution in [0, 0.1) is 12.3 Å². The van der Waals surface area contributed by atoms with Gasteiger partial charge in [-0.05, 0) is 50.3 Å². The zero-order valence-corrected chi connectivity index (χ0v) is 12.8. The van der Waals surface area contributed by atoms with E-state index >= 15 is 0 Å². The van der Waals surface area contributed by atoms with Gasteiger partial charge in [0, 0.05) is 5.39 Å². The monoisotopic (exact) mass is 271 g/mol. The van der Waals surface area contributed by atoms with Crippen molar-refractivity contribution < 1.29 is 4.42 Å². The predicted octanol–water partition coefficient (Wildman–Crippen LogP) is 4.97. The van der Waals surface area contributed by atoms with Gasteiger partial charge in [-0.2, -0.15) is 0 Å². The first-order valence-corrected chi connectivity index (χ1v) is 7.86. The number of fused-ring (bicyclic) bond motifs is 1. The molecular weight excluding hydrogens is 246 g/mol. The summed E-state index contributed by atoms with van der Waals surface area (Å²) in [5, 5.41) is 4.77. The van der Waals surface area contributed by atoms with Gasteiger partial charge in [0.05, 0.1) is 6.04 Å². The van der Waals surface area contributed by atoms with E-state index in [9.17, 15) is 0 Å². The summed E-state index contributed by atoms with van der Waals surface area (Å²) in [4.78, 5) is 0. The fraction of sp³-hybridized carbons (Fsp3) is 0.556. The zero-order chi connectivity index (χ0) is 14.2. The van der Waals surface area contributed by atoms with Crippen LogP contribution >= 0.6 is 0 Å². The van der Waals surface area contributed by atoms with Crippen molar-refractivity contribution >= 4 is 11.0 Å². The fourth-order valence-corrected chi connectivity index (χ4v) is 4.05. The average Bonchev–Trinajstić information content (AvgIpc) is 3.08. The first-order valence-electron chi connectivity index (χ1n) is 7.86. The Hall–Kier alpha value is -1.28. The maximum absolute atomic E-state index is 6.23. The van der Waals surface area contributed by atoms with E-state index in [1.54, 1.807) is 0 Å². The van der Waals surface area contributed by atoms with E-state index in [4.69, 9.17) is 4.42 Å². The molecule has 1 aromatic carbocycles. The molecule has 1 aliphatic rings. The summed E-state index contributed by atoms with van der Waals surface area (Å²) >= 11 is 0. The molecule has 0 spiro atoms. The Balaban J connectivity index is 2.05. The highest BCUT2D eigenvalue weighted by molar-refractivity contribution is 5.81. The first kappa shape index (κ1) is 13.7. The van der Waals surface area contributed by atoms with Crippen LogP contribution in [0.1, 0.15) is 56.4 Å². The lowest BCUT2D eigenvalue weighted by molar-refractivity contribution is 0.175. The molecule has 1 heterocycles. The van der Waals surface area contributed by atoms with Crippen molar-refractivity contribution in [3.63, 3.8) is 0 Å². The molecule has 0 radical (unpaired) electrons. The quantitative estimate of drug-likeness (QED) is 0.849. The van der Waals surface area contributed by atoms with Crippen molar-refractivity contribution in [3.8, 4) is 0 Å². The molecule has 3 rings (SSSR count). The summed E-state index contributed by atoms with van der Waals surface area (Å²) in [5.74, 6) is 1.11. The Morgan fingerprint density at radius 1 is 1.30 bits per heavy atom. The van der Waals surface area contributed by atoms with Crippen LogP contribution in [0.2, 0.25) is 0 Å². The Bertz CT molecular complexity index is 592. The van der Waals surface area contributed by atoms with Crippen molar-refractivity contribution in [3.05, 3.63) is 35.6 Å². The fourth-order valence-electron chi connectivity index (χ4n) is 4.05. The van der Waals surface area contributed by atoms with Crippen molar-refractivity contribution in [2.45, 2.75) is 52.0 Å². The van der Waals surface area contributed by atoms with Gasteiger partial charge in [0.2, 0.25) is 0 Å². The first-order chi connectivity index (χ1) is 9.70. The van der Waals surface area contributed by atoms with Crippen molar-refractivity contribution in [1.82, 2.24) is 5.32 Å². The Labute approximate surface area is 121 Å². The van der Waals surface area contributed by atoms with Crippen LogP contribution < -0.4 is 5.32 Å². The van der Waals surface area contributed by atoms with Gasteiger partial charge >= 0.3 is 0 Å². The second-order valence-electron chi connectivity index (χ2n) is 6.29. The number of hydrogen-bond donors (Lipinski definition) is 1. The molecule has 2 heteroatoms. The summed E-state index contributed by atoms with van der Waals surface area (Å²) < 4.78 is 6.23. The van der Waals surface area contributed by atoms with E-state index in [0.29, 0.717) is 11.5 Å². The number of benzene rings is 1. The van der Waals surface area contributed by atoms with Crippen molar-refractivity contribution in [2.75, 3.05) is 7.05 Å². The highest BCUT2D eigenvalue weighted by Gasteiger charge is 2.41. The van der Waals surface area contributed by atoms with E-state index in [0.717, 1.165) is 11.3 Å². The van der Waals surface area contributed by atoms with Gasteiger partial charge in [-0.25, -0.2) is 0 Å². The molecule has 1 aliphatic carbocycles. The lowest BCUT2D eigenvalue weighted by Crippen LogP contribution is -2.33. The number of nitrogens with one attached hydrogen (secondary N) is 1. The minimum Gasteiger partial charge on any atom is -0.459 e. The standard InChI is InChI=1S/C18H25NO/c1-4-18(10-5-6-11-18)17(19-3)15-12-14-9-7-8-13(2)16(14)20-15/h7-9,12,17,19H,4-6,10-11H2,1-3H3. The molecule has 1 aromatic heterocycles. The third kappa shape index (κ3) is 2.07. The molecule has 1 fully saturated rings. The van der Waals surface area contributed by atoms with E-state index in [1.165, 1.54) is 43.1 Å². The van der Waals surface area contributed by atoms with Crippen LogP contribution in [-0.2, 0) is 0 Å². The number of rotatable bonds is 4.